The lowest BCUT2D eigenvalue weighted by Gasteiger charge is -2.06. The van der Waals surface area contributed by atoms with Gasteiger partial charge in [0, 0.05) is 16.7 Å². The molecule has 0 bridgehead atoms. The van der Waals surface area contributed by atoms with Crippen LogP contribution < -0.4 is 0 Å². The molecule has 7 heteroatoms. The molecule has 0 amide bonds. The van der Waals surface area contributed by atoms with Crippen molar-refractivity contribution in [1.29, 1.82) is 0 Å². The first kappa shape index (κ1) is 15.7. The maximum absolute atomic E-state index is 13.7. The van der Waals surface area contributed by atoms with E-state index in [0.29, 0.717) is 11.2 Å². The first-order valence-electron chi connectivity index (χ1n) is 5.73. The van der Waals surface area contributed by atoms with Crippen LogP contribution in [0.5, 0.6) is 0 Å². The molecule has 21 heavy (non-hydrogen) atoms. The van der Waals surface area contributed by atoms with Crippen LogP contribution in [-0.2, 0) is 9.84 Å². The molecule has 0 N–H and O–H groups in total. The standard InChI is InChI=1S/C14H10F2O3S2/c1-21(18,19)11-4-2-10(3-5-11)20-14-12(15)6-9(8-17)7-13(14)16/h2-8H,1H3. The second-order valence-electron chi connectivity index (χ2n) is 4.28. The molecule has 0 atom stereocenters. The minimum absolute atomic E-state index is 0.0817. The van der Waals surface area contributed by atoms with Gasteiger partial charge in [-0.25, -0.2) is 17.2 Å². The maximum atomic E-state index is 13.7. The predicted molar refractivity (Wildman–Crippen MR) is 75.4 cm³/mol. The van der Waals surface area contributed by atoms with Gasteiger partial charge in [-0.3, -0.25) is 4.79 Å². The van der Waals surface area contributed by atoms with Crippen LogP contribution in [0.15, 0.2) is 51.1 Å². The molecule has 3 nitrogen and oxygen atoms in total. The fraction of sp³-hybridized carbons (Fsp3) is 0.0714. The fourth-order valence-corrected chi connectivity index (χ4v) is 3.07. The van der Waals surface area contributed by atoms with Crippen molar-refractivity contribution in [2.24, 2.45) is 0 Å². The number of hydrogen-bond acceptors (Lipinski definition) is 4. The molecule has 2 aromatic carbocycles. The Morgan fingerprint density at radius 3 is 2.00 bits per heavy atom. The number of carbonyl (C=O) groups is 1. The molecular weight excluding hydrogens is 318 g/mol. The lowest BCUT2D eigenvalue weighted by atomic mass is 10.2. The van der Waals surface area contributed by atoms with E-state index in [9.17, 15) is 22.0 Å². The van der Waals surface area contributed by atoms with Crippen molar-refractivity contribution in [3.05, 3.63) is 53.6 Å². The summed E-state index contributed by atoms with van der Waals surface area (Å²) in [7, 11) is -3.31. The van der Waals surface area contributed by atoms with Crippen molar-refractivity contribution in [2.75, 3.05) is 6.26 Å². The van der Waals surface area contributed by atoms with Crippen molar-refractivity contribution in [2.45, 2.75) is 14.7 Å². The normalized spacial score (nSPS) is 11.4. The summed E-state index contributed by atoms with van der Waals surface area (Å²) < 4.78 is 50.1. The Labute approximate surface area is 124 Å². The highest BCUT2D eigenvalue weighted by Gasteiger charge is 2.13. The number of hydrogen-bond donors (Lipinski definition) is 0. The van der Waals surface area contributed by atoms with Crippen LogP contribution in [0.25, 0.3) is 0 Å². The second-order valence-corrected chi connectivity index (χ2v) is 7.38. The highest BCUT2D eigenvalue weighted by atomic mass is 32.2. The smallest absolute Gasteiger partial charge is 0.175 e. The molecule has 0 saturated carbocycles. The first-order valence-corrected chi connectivity index (χ1v) is 8.44. The van der Waals surface area contributed by atoms with Gasteiger partial charge in [-0.1, -0.05) is 11.8 Å². The monoisotopic (exact) mass is 328 g/mol. The molecule has 0 aliphatic heterocycles. The molecule has 0 fully saturated rings. The molecule has 0 saturated heterocycles. The molecule has 0 radical (unpaired) electrons. The van der Waals surface area contributed by atoms with E-state index in [2.05, 4.69) is 0 Å². The summed E-state index contributed by atoms with van der Waals surface area (Å²) in [5, 5.41) is 0. The van der Waals surface area contributed by atoms with E-state index in [1.807, 2.05) is 0 Å². The van der Waals surface area contributed by atoms with Crippen molar-refractivity contribution < 1.29 is 22.0 Å². The Morgan fingerprint density at radius 1 is 1.05 bits per heavy atom. The van der Waals surface area contributed by atoms with Crippen molar-refractivity contribution >= 4 is 27.9 Å². The quantitative estimate of drug-likeness (QED) is 0.808. The maximum Gasteiger partial charge on any atom is 0.175 e. The average Bonchev–Trinajstić information content (AvgIpc) is 2.42. The van der Waals surface area contributed by atoms with Crippen LogP contribution in [-0.4, -0.2) is 21.0 Å². The summed E-state index contributed by atoms with van der Waals surface area (Å²) in [6, 6.07) is 7.56. The number of rotatable bonds is 4. The van der Waals surface area contributed by atoms with Gasteiger partial charge in [0.2, 0.25) is 0 Å². The van der Waals surface area contributed by atoms with Crippen LogP contribution in [0.2, 0.25) is 0 Å². The molecule has 0 aliphatic carbocycles. The van der Waals surface area contributed by atoms with E-state index < -0.39 is 21.5 Å². The van der Waals surface area contributed by atoms with Crippen LogP contribution in [0, 0.1) is 11.6 Å². The van der Waals surface area contributed by atoms with Gasteiger partial charge in [0.05, 0.1) is 9.79 Å². The molecule has 2 aromatic rings. The van der Waals surface area contributed by atoms with E-state index in [1.165, 1.54) is 24.3 Å². The largest absolute Gasteiger partial charge is 0.298 e. The van der Waals surface area contributed by atoms with Gasteiger partial charge >= 0.3 is 0 Å². The summed E-state index contributed by atoms with van der Waals surface area (Å²) >= 11 is 0.819. The molecule has 0 spiro atoms. The molecule has 0 aliphatic rings. The van der Waals surface area contributed by atoms with Crippen LogP contribution in [0.3, 0.4) is 0 Å². The van der Waals surface area contributed by atoms with Crippen molar-refractivity contribution in [3.8, 4) is 0 Å². The molecule has 0 heterocycles. The van der Waals surface area contributed by atoms with Gasteiger partial charge in [-0.05, 0) is 36.4 Å². The number of benzene rings is 2. The molecule has 2 rings (SSSR count). The molecular formula is C14H10F2O3S2. The van der Waals surface area contributed by atoms with Gasteiger partial charge in [-0.2, -0.15) is 0 Å². The number of carbonyl (C=O) groups excluding carboxylic acids is 1. The highest BCUT2D eigenvalue weighted by Crippen LogP contribution is 2.33. The highest BCUT2D eigenvalue weighted by molar-refractivity contribution is 7.99. The van der Waals surface area contributed by atoms with Gasteiger partial charge in [0.25, 0.3) is 0 Å². The summed E-state index contributed by atoms with van der Waals surface area (Å²) in [4.78, 5) is 10.9. The predicted octanol–water partition coefficient (Wildman–Crippen LogP) is 3.33. The number of halogens is 2. The number of aldehydes is 1. The number of sulfone groups is 1. The topological polar surface area (TPSA) is 51.2 Å². The third-order valence-electron chi connectivity index (χ3n) is 2.63. The lowest BCUT2D eigenvalue weighted by Crippen LogP contribution is -1.96. The van der Waals surface area contributed by atoms with E-state index in [1.54, 1.807) is 0 Å². The van der Waals surface area contributed by atoms with E-state index in [4.69, 9.17) is 0 Å². The average molecular weight is 328 g/mol. The Hall–Kier alpha value is -1.73. The van der Waals surface area contributed by atoms with E-state index in [-0.39, 0.29) is 15.4 Å². The SMILES string of the molecule is CS(=O)(=O)c1ccc(Sc2c(F)cc(C=O)cc2F)cc1. The van der Waals surface area contributed by atoms with Crippen LogP contribution >= 0.6 is 11.8 Å². The van der Waals surface area contributed by atoms with Gasteiger partial charge in [0.15, 0.2) is 9.84 Å². The first-order chi connectivity index (χ1) is 9.81. The van der Waals surface area contributed by atoms with Crippen LogP contribution in [0.4, 0.5) is 8.78 Å². The zero-order valence-corrected chi connectivity index (χ0v) is 12.5. The summed E-state index contributed by atoms with van der Waals surface area (Å²) in [5.41, 5.74) is -0.0817. The molecule has 0 unspecified atom stereocenters. The third-order valence-corrected chi connectivity index (χ3v) is 4.86. The Morgan fingerprint density at radius 2 is 1.57 bits per heavy atom. The van der Waals surface area contributed by atoms with E-state index in [0.717, 1.165) is 30.2 Å². The summed E-state index contributed by atoms with van der Waals surface area (Å²) in [6.45, 7) is 0. The van der Waals surface area contributed by atoms with Crippen molar-refractivity contribution in [3.63, 3.8) is 0 Å². The Kier molecular flexibility index (Phi) is 4.43. The molecule has 0 aromatic heterocycles. The van der Waals surface area contributed by atoms with Gasteiger partial charge < -0.3 is 0 Å². The summed E-state index contributed by atoms with van der Waals surface area (Å²) in [6.07, 6.45) is 1.44. The minimum atomic E-state index is -3.31. The second kappa shape index (κ2) is 5.95. The van der Waals surface area contributed by atoms with Gasteiger partial charge in [-0.15, -0.1) is 0 Å². The Balaban J connectivity index is 2.33. The minimum Gasteiger partial charge on any atom is -0.298 e. The third kappa shape index (κ3) is 3.68. The molecule has 110 valence electrons. The van der Waals surface area contributed by atoms with Gasteiger partial charge in [0.1, 0.15) is 17.9 Å². The summed E-state index contributed by atoms with van der Waals surface area (Å²) in [5.74, 6) is -1.68. The fourth-order valence-electron chi connectivity index (χ4n) is 1.62. The zero-order valence-electron chi connectivity index (χ0n) is 10.8. The Bertz CT molecular complexity index is 761. The van der Waals surface area contributed by atoms with Crippen molar-refractivity contribution in [1.82, 2.24) is 0 Å². The lowest BCUT2D eigenvalue weighted by molar-refractivity contribution is 0.112. The van der Waals surface area contributed by atoms with E-state index >= 15 is 0 Å². The zero-order chi connectivity index (χ0) is 15.6. The van der Waals surface area contributed by atoms with Crippen LogP contribution in [0.1, 0.15) is 10.4 Å².